The van der Waals surface area contributed by atoms with Crippen molar-refractivity contribution in [1.82, 2.24) is 20.0 Å². The number of fused-ring (bicyclic) bond motifs is 2. The second kappa shape index (κ2) is 4.71. The van der Waals surface area contributed by atoms with Crippen LogP contribution in [0.4, 0.5) is 0 Å². The standard InChI is InChI=1S/C15H17N5O/c1-20-11-2-3-12(20)6-10(5-11)14-18-15(21-19-14)13-4-9(7-16)8-17-13/h4,8,10-12,17H,2-3,5-6H2,1H3. The zero-order valence-electron chi connectivity index (χ0n) is 11.9. The normalized spacial score (nSPS) is 28.7. The zero-order chi connectivity index (χ0) is 14.4. The molecule has 2 atom stereocenters. The average molecular weight is 283 g/mol. The van der Waals surface area contributed by atoms with E-state index in [0.29, 0.717) is 35.1 Å². The smallest absolute Gasteiger partial charge is 0.274 e. The summed E-state index contributed by atoms with van der Waals surface area (Å²) in [5, 5.41) is 13.0. The van der Waals surface area contributed by atoms with Crippen LogP contribution in [0.5, 0.6) is 0 Å². The Kier molecular flexibility index (Phi) is 2.82. The number of aromatic amines is 1. The fraction of sp³-hybridized carbons (Fsp3) is 0.533. The Morgan fingerprint density at radius 2 is 2.14 bits per heavy atom. The first-order valence-corrected chi connectivity index (χ1v) is 7.39. The highest BCUT2D eigenvalue weighted by molar-refractivity contribution is 5.51. The van der Waals surface area contributed by atoms with Gasteiger partial charge in [-0.1, -0.05) is 5.16 Å². The molecule has 21 heavy (non-hydrogen) atoms. The fourth-order valence-electron chi connectivity index (χ4n) is 3.71. The van der Waals surface area contributed by atoms with E-state index in [1.807, 2.05) is 0 Å². The van der Waals surface area contributed by atoms with Crippen molar-refractivity contribution >= 4 is 0 Å². The molecule has 4 heterocycles. The van der Waals surface area contributed by atoms with E-state index in [1.165, 1.54) is 12.8 Å². The van der Waals surface area contributed by atoms with Crippen molar-refractivity contribution in [1.29, 1.82) is 5.26 Å². The highest BCUT2D eigenvalue weighted by Gasteiger charge is 2.40. The van der Waals surface area contributed by atoms with Crippen molar-refractivity contribution in [2.75, 3.05) is 7.05 Å². The number of nitriles is 1. The number of aromatic nitrogens is 3. The summed E-state index contributed by atoms with van der Waals surface area (Å²) in [6.45, 7) is 0. The number of hydrogen-bond acceptors (Lipinski definition) is 5. The first-order chi connectivity index (χ1) is 10.2. The van der Waals surface area contributed by atoms with Crippen LogP contribution >= 0.6 is 0 Å². The van der Waals surface area contributed by atoms with Gasteiger partial charge in [0.05, 0.1) is 5.56 Å². The van der Waals surface area contributed by atoms with E-state index in [1.54, 1.807) is 12.3 Å². The van der Waals surface area contributed by atoms with Gasteiger partial charge in [0.15, 0.2) is 5.82 Å². The van der Waals surface area contributed by atoms with Gasteiger partial charge in [-0.3, -0.25) is 0 Å². The lowest BCUT2D eigenvalue weighted by molar-refractivity contribution is 0.157. The van der Waals surface area contributed by atoms with Crippen LogP contribution in [-0.2, 0) is 0 Å². The van der Waals surface area contributed by atoms with Gasteiger partial charge in [-0.2, -0.15) is 10.2 Å². The minimum Gasteiger partial charge on any atom is -0.356 e. The minimum atomic E-state index is 0.390. The van der Waals surface area contributed by atoms with E-state index in [-0.39, 0.29) is 0 Å². The van der Waals surface area contributed by atoms with Gasteiger partial charge in [0.2, 0.25) is 0 Å². The van der Waals surface area contributed by atoms with Crippen molar-refractivity contribution in [3.63, 3.8) is 0 Å². The third kappa shape index (κ3) is 2.05. The van der Waals surface area contributed by atoms with E-state index in [2.05, 4.69) is 33.1 Å². The quantitative estimate of drug-likeness (QED) is 0.914. The van der Waals surface area contributed by atoms with Gasteiger partial charge in [-0.15, -0.1) is 0 Å². The molecule has 0 radical (unpaired) electrons. The number of nitrogens with zero attached hydrogens (tertiary/aromatic N) is 4. The molecule has 0 amide bonds. The van der Waals surface area contributed by atoms with Gasteiger partial charge in [-0.05, 0) is 38.8 Å². The molecular weight excluding hydrogens is 266 g/mol. The summed E-state index contributed by atoms with van der Waals surface area (Å²) in [6.07, 6.45) is 6.43. The van der Waals surface area contributed by atoms with Crippen LogP contribution in [-0.4, -0.2) is 39.2 Å². The molecule has 2 aromatic rings. The predicted molar refractivity (Wildman–Crippen MR) is 75.3 cm³/mol. The molecule has 2 aliphatic heterocycles. The van der Waals surface area contributed by atoms with Gasteiger partial charge in [-0.25, -0.2) is 0 Å². The fourth-order valence-corrected chi connectivity index (χ4v) is 3.71. The summed E-state index contributed by atoms with van der Waals surface area (Å²) in [5.41, 5.74) is 1.28. The van der Waals surface area contributed by atoms with E-state index in [0.717, 1.165) is 18.7 Å². The first kappa shape index (κ1) is 12.6. The molecule has 2 fully saturated rings. The van der Waals surface area contributed by atoms with Crippen molar-refractivity contribution < 1.29 is 4.52 Å². The van der Waals surface area contributed by atoms with Crippen LogP contribution in [0.3, 0.4) is 0 Å². The Morgan fingerprint density at radius 1 is 1.38 bits per heavy atom. The molecule has 2 aromatic heterocycles. The number of rotatable bonds is 2. The Hall–Kier alpha value is -2.13. The molecule has 0 spiro atoms. The Bertz CT molecular complexity index is 683. The monoisotopic (exact) mass is 283 g/mol. The molecule has 1 N–H and O–H groups in total. The van der Waals surface area contributed by atoms with Gasteiger partial charge in [0.1, 0.15) is 11.8 Å². The Morgan fingerprint density at radius 3 is 2.81 bits per heavy atom. The topological polar surface area (TPSA) is 81.7 Å². The Balaban J connectivity index is 1.56. The Labute approximate surface area is 122 Å². The van der Waals surface area contributed by atoms with Gasteiger partial charge in [0, 0.05) is 24.2 Å². The number of nitrogens with one attached hydrogen (secondary N) is 1. The lowest BCUT2D eigenvalue weighted by Gasteiger charge is -2.34. The maximum atomic E-state index is 8.86. The second-order valence-electron chi connectivity index (χ2n) is 6.09. The lowest BCUT2D eigenvalue weighted by Crippen LogP contribution is -2.39. The molecule has 108 valence electrons. The van der Waals surface area contributed by atoms with Crippen LogP contribution in [0, 0.1) is 11.3 Å². The number of H-pyrrole nitrogens is 1. The summed E-state index contributed by atoms with van der Waals surface area (Å²) >= 11 is 0. The summed E-state index contributed by atoms with van der Waals surface area (Å²) in [6, 6.07) is 5.13. The van der Waals surface area contributed by atoms with Crippen molar-refractivity contribution in [3.05, 3.63) is 23.7 Å². The van der Waals surface area contributed by atoms with Crippen LogP contribution in [0.2, 0.25) is 0 Å². The summed E-state index contributed by atoms with van der Waals surface area (Å²) in [4.78, 5) is 10.0. The first-order valence-electron chi connectivity index (χ1n) is 7.39. The molecule has 2 saturated heterocycles. The average Bonchev–Trinajstić information content (AvgIpc) is 3.18. The molecule has 6 nitrogen and oxygen atoms in total. The largest absolute Gasteiger partial charge is 0.356 e. The molecule has 0 aliphatic carbocycles. The van der Waals surface area contributed by atoms with E-state index in [4.69, 9.17) is 9.78 Å². The lowest BCUT2D eigenvalue weighted by atomic mass is 9.90. The SMILES string of the molecule is CN1C2CCC1CC(c1noc(-c3cc(C#N)c[nH]3)n1)C2. The van der Waals surface area contributed by atoms with E-state index < -0.39 is 0 Å². The van der Waals surface area contributed by atoms with Crippen LogP contribution in [0.15, 0.2) is 16.8 Å². The van der Waals surface area contributed by atoms with Gasteiger partial charge < -0.3 is 14.4 Å². The zero-order valence-corrected chi connectivity index (χ0v) is 11.9. The third-order valence-electron chi connectivity index (χ3n) is 4.95. The molecule has 0 aromatic carbocycles. The summed E-state index contributed by atoms with van der Waals surface area (Å²) in [5.74, 6) is 1.67. The van der Waals surface area contributed by atoms with E-state index >= 15 is 0 Å². The van der Waals surface area contributed by atoms with Gasteiger partial charge in [0.25, 0.3) is 5.89 Å². The van der Waals surface area contributed by atoms with Gasteiger partial charge >= 0.3 is 0 Å². The maximum absolute atomic E-state index is 8.86. The van der Waals surface area contributed by atoms with Crippen LogP contribution in [0.25, 0.3) is 11.6 Å². The molecule has 6 heteroatoms. The van der Waals surface area contributed by atoms with Crippen molar-refractivity contribution in [2.45, 2.75) is 43.7 Å². The van der Waals surface area contributed by atoms with Crippen LogP contribution in [0.1, 0.15) is 43.0 Å². The molecule has 2 unspecified atom stereocenters. The predicted octanol–water partition coefficient (Wildman–Crippen LogP) is 2.28. The van der Waals surface area contributed by atoms with Crippen molar-refractivity contribution in [3.8, 4) is 17.7 Å². The van der Waals surface area contributed by atoms with Crippen molar-refractivity contribution in [2.24, 2.45) is 0 Å². The maximum Gasteiger partial charge on any atom is 0.274 e. The minimum absolute atomic E-state index is 0.390. The molecule has 2 bridgehead atoms. The molecular formula is C15H17N5O. The molecule has 4 rings (SSSR count). The number of hydrogen-bond donors (Lipinski definition) is 1. The molecule has 2 aliphatic rings. The summed E-state index contributed by atoms with van der Waals surface area (Å²) in [7, 11) is 2.22. The third-order valence-corrected chi connectivity index (χ3v) is 4.95. The molecule has 0 saturated carbocycles. The van der Waals surface area contributed by atoms with E-state index in [9.17, 15) is 0 Å². The van der Waals surface area contributed by atoms with Crippen LogP contribution < -0.4 is 0 Å². The second-order valence-corrected chi connectivity index (χ2v) is 6.09. The highest BCUT2D eigenvalue weighted by atomic mass is 16.5. The highest BCUT2D eigenvalue weighted by Crippen LogP contribution is 2.41. The number of piperidine rings is 1. The summed E-state index contributed by atoms with van der Waals surface area (Å²) < 4.78 is 5.36.